The zero-order chi connectivity index (χ0) is 23.8. The van der Waals surface area contributed by atoms with Gasteiger partial charge in [0.2, 0.25) is 0 Å². The Balaban J connectivity index is 1.92. The Morgan fingerprint density at radius 3 is 2.45 bits per heavy atom. The number of hydrogen-bond acceptors (Lipinski definition) is 6. The van der Waals surface area contributed by atoms with Crippen LogP contribution in [-0.4, -0.2) is 41.3 Å². The first-order valence-electron chi connectivity index (χ1n) is 9.72. The van der Waals surface area contributed by atoms with Crippen molar-refractivity contribution in [1.82, 2.24) is 5.43 Å². The van der Waals surface area contributed by atoms with Crippen LogP contribution in [0.5, 0.6) is 11.5 Å². The molecule has 10 heteroatoms. The zero-order valence-corrected chi connectivity index (χ0v) is 19.5. The average Bonchev–Trinajstić information content (AvgIpc) is 2.82. The third-order valence-corrected chi connectivity index (χ3v) is 6.53. The molecular formula is C23H22ClN3O5S. The summed E-state index contributed by atoms with van der Waals surface area (Å²) in [6.07, 6.45) is 1.41. The molecule has 0 aliphatic carbocycles. The quantitative estimate of drug-likeness (QED) is 0.366. The molecule has 8 nitrogen and oxygen atoms in total. The molecule has 0 radical (unpaired) electrons. The summed E-state index contributed by atoms with van der Waals surface area (Å²) >= 11 is 5.94. The summed E-state index contributed by atoms with van der Waals surface area (Å²) in [5.41, 5.74) is 3.20. The second-order valence-electron chi connectivity index (χ2n) is 6.71. The van der Waals surface area contributed by atoms with Gasteiger partial charge in [-0.2, -0.15) is 5.10 Å². The van der Waals surface area contributed by atoms with Gasteiger partial charge in [-0.1, -0.05) is 41.9 Å². The van der Waals surface area contributed by atoms with Crippen molar-refractivity contribution in [3.63, 3.8) is 0 Å². The smallest absolute Gasteiger partial charge is 0.264 e. The minimum Gasteiger partial charge on any atom is -0.497 e. The fraction of sp³-hybridized carbons (Fsp3) is 0.130. The SMILES string of the molecule is COc1ccc(N(CC(=O)N/N=C\c2cccc(Cl)c2)S(=O)(=O)c2ccccc2)c(OC)c1. The first-order chi connectivity index (χ1) is 15.8. The van der Waals surface area contributed by atoms with E-state index >= 15 is 0 Å². The van der Waals surface area contributed by atoms with E-state index in [9.17, 15) is 13.2 Å². The van der Waals surface area contributed by atoms with Gasteiger partial charge in [-0.3, -0.25) is 9.10 Å². The number of anilines is 1. The first kappa shape index (κ1) is 24.1. The van der Waals surface area contributed by atoms with Crippen LogP contribution in [0.1, 0.15) is 5.56 Å². The van der Waals surface area contributed by atoms with E-state index < -0.39 is 22.5 Å². The van der Waals surface area contributed by atoms with Crippen LogP contribution in [0.15, 0.2) is 82.8 Å². The van der Waals surface area contributed by atoms with Gasteiger partial charge in [-0.05, 0) is 42.0 Å². The van der Waals surface area contributed by atoms with Crippen molar-refractivity contribution in [3.05, 3.63) is 83.4 Å². The van der Waals surface area contributed by atoms with Gasteiger partial charge in [0.1, 0.15) is 18.0 Å². The van der Waals surface area contributed by atoms with Crippen LogP contribution in [0, 0.1) is 0 Å². The summed E-state index contributed by atoms with van der Waals surface area (Å²) in [5.74, 6) is 0.0537. The van der Waals surface area contributed by atoms with Crippen molar-refractivity contribution in [2.45, 2.75) is 4.90 Å². The van der Waals surface area contributed by atoms with Crippen LogP contribution in [-0.2, 0) is 14.8 Å². The van der Waals surface area contributed by atoms with Crippen LogP contribution in [0.4, 0.5) is 5.69 Å². The van der Waals surface area contributed by atoms with Gasteiger partial charge in [0.05, 0.1) is 31.0 Å². The molecule has 1 amide bonds. The molecule has 1 N–H and O–H groups in total. The molecule has 0 bridgehead atoms. The second kappa shape index (κ2) is 10.8. The van der Waals surface area contributed by atoms with Crippen LogP contribution in [0.3, 0.4) is 0 Å². The fourth-order valence-corrected chi connectivity index (χ4v) is 4.59. The van der Waals surface area contributed by atoms with Gasteiger partial charge in [-0.15, -0.1) is 0 Å². The van der Waals surface area contributed by atoms with Crippen molar-refractivity contribution < 1.29 is 22.7 Å². The summed E-state index contributed by atoms with van der Waals surface area (Å²) in [6, 6.07) is 19.3. The fourth-order valence-electron chi connectivity index (χ4n) is 2.94. The highest BCUT2D eigenvalue weighted by Crippen LogP contribution is 2.35. The largest absolute Gasteiger partial charge is 0.497 e. The summed E-state index contributed by atoms with van der Waals surface area (Å²) in [7, 11) is -1.21. The van der Waals surface area contributed by atoms with E-state index in [-0.39, 0.29) is 16.3 Å². The van der Waals surface area contributed by atoms with E-state index in [1.165, 1.54) is 44.7 Å². The Labute approximate surface area is 197 Å². The van der Waals surface area contributed by atoms with Gasteiger partial charge < -0.3 is 9.47 Å². The van der Waals surface area contributed by atoms with Crippen LogP contribution >= 0.6 is 11.6 Å². The lowest BCUT2D eigenvalue weighted by molar-refractivity contribution is -0.119. The Hall–Kier alpha value is -3.56. The number of rotatable bonds is 9. The predicted octanol–water partition coefficient (Wildman–Crippen LogP) is 3.70. The molecule has 0 aromatic heterocycles. The normalized spacial score (nSPS) is 11.2. The van der Waals surface area contributed by atoms with Crippen LogP contribution in [0.2, 0.25) is 5.02 Å². The maximum absolute atomic E-state index is 13.4. The molecule has 0 spiro atoms. The molecule has 0 heterocycles. The van der Waals surface area contributed by atoms with E-state index in [0.29, 0.717) is 16.3 Å². The standard InChI is InChI=1S/C23H22ClN3O5S/c1-31-19-11-12-21(22(14-19)32-2)27(33(29,30)20-9-4-3-5-10-20)16-23(28)26-25-15-17-7-6-8-18(24)13-17/h3-15H,16H2,1-2H3,(H,26,28)/b25-15-. The third-order valence-electron chi connectivity index (χ3n) is 4.53. The molecule has 3 rings (SSSR count). The number of carbonyl (C=O) groups is 1. The molecule has 0 saturated carbocycles. The van der Waals surface area contributed by atoms with Gasteiger partial charge in [0.15, 0.2) is 0 Å². The lowest BCUT2D eigenvalue weighted by atomic mass is 10.2. The molecule has 0 atom stereocenters. The first-order valence-corrected chi connectivity index (χ1v) is 11.5. The second-order valence-corrected chi connectivity index (χ2v) is 9.01. The number of benzene rings is 3. The number of ether oxygens (including phenoxy) is 2. The Bertz CT molecular complexity index is 1250. The molecule has 172 valence electrons. The lowest BCUT2D eigenvalue weighted by Crippen LogP contribution is -2.39. The topological polar surface area (TPSA) is 97.3 Å². The molecule has 0 aliphatic rings. The number of hydrogen-bond donors (Lipinski definition) is 1. The van der Waals surface area contributed by atoms with Gasteiger partial charge >= 0.3 is 0 Å². The maximum Gasteiger partial charge on any atom is 0.264 e. The van der Waals surface area contributed by atoms with Crippen molar-refractivity contribution in [1.29, 1.82) is 0 Å². The molecule has 3 aromatic carbocycles. The minimum absolute atomic E-state index is 0.0260. The Kier molecular flexibility index (Phi) is 7.92. The summed E-state index contributed by atoms with van der Waals surface area (Å²) in [6.45, 7) is -0.535. The number of amides is 1. The molecule has 0 unspecified atom stereocenters. The molecule has 0 saturated heterocycles. The van der Waals surface area contributed by atoms with Crippen LogP contribution < -0.4 is 19.2 Å². The molecule has 3 aromatic rings. The molecule has 0 fully saturated rings. The van der Waals surface area contributed by atoms with Gasteiger partial charge in [0, 0.05) is 11.1 Å². The number of methoxy groups -OCH3 is 2. The summed E-state index contributed by atoms with van der Waals surface area (Å²) in [5, 5.41) is 4.42. The third kappa shape index (κ3) is 6.03. The van der Waals surface area contributed by atoms with E-state index in [1.807, 2.05) is 0 Å². The minimum atomic E-state index is -4.10. The molecular weight excluding hydrogens is 466 g/mol. The number of halogens is 1. The van der Waals surface area contributed by atoms with Gasteiger partial charge in [-0.25, -0.2) is 13.8 Å². The lowest BCUT2D eigenvalue weighted by Gasteiger charge is -2.25. The molecule has 0 aliphatic heterocycles. The average molecular weight is 488 g/mol. The highest BCUT2D eigenvalue weighted by atomic mass is 35.5. The van der Waals surface area contributed by atoms with E-state index in [4.69, 9.17) is 21.1 Å². The van der Waals surface area contributed by atoms with Crippen LogP contribution in [0.25, 0.3) is 0 Å². The summed E-state index contributed by atoms with van der Waals surface area (Å²) < 4.78 is 38.4. The highest BCUT2D eigenvalue weighted by molar-refractivity contribution is 7.92. The highest BCUT2D eigenvalue weighted by Gasteiger charge is 2.29. The van der Waals surface area contributed by atoms with Crippen molar-refractivity contribution >= 4 is 39.4 Å². The number of hydrazone groups is 1. The Morgan fingerprint density at radius 2 is 1.79 bits per heavy atom. The van der Waals surface area contributed by atoms with E-state index in [1.54, 1.807) is 48.5 Å². The Morgan fingerprint density at radius 1 is 1.03 bits per heavy atom. The summed E-state index contributed by atoms with van der Waals surface area (Å²) in [4.78, 5) is 12.7. The maximum atomic E-state index is 13.4. The number of carbonyl (C=O) groups excluding carboxylic acids is 1. The number of nitrogens with zero attached hydrogens (tertiary/aromatic N) is 2. The molecule has 33 heavy (non-hydrogen) atoms. The van der Waals surface area contributed by atoms with Crippen molar-refractivity contribution in [2.24, 2.45) is 5.10 Å². The van der Waals surface area contributed by atoms with Crippen molar-refractivity contribution in [2.75, 3.05) is 25.1 Å². The predicted molar refractivity (Wildman–Crippen MR) is 128 cm³/mol. The number of nitrogens with one attached hydrogen (secondary N) is 1. The van der Waals surface area contributed by atoms with E-state index in [2.05, 4.69) is 10.5 Å². The van der Waals surface area contributed by atoms with Gasteiger partial charge in [0.25, 0.3) is 15.9 Å². The van der Waals surface area contributed by atoms with Crippen molar-refractivity contribution in [3.8, 4) is 11.5 Å². The van der Waals surface area contributed by atoms with E-state index in [0.717, 1.165) is 4.31 Å². The zero-order valence-electron chi connectivity index (χ0n) is 17.9. The number of sulfonamides is 1. The monoisotopic (exact) mass is 487 g/mol.